The number of hydrazone groups is 1. The Balaban J connectivity index is 1.98. The third-order valence-corrected chi connectivity index (χ3v) is 4.29. The quantitative estimate of drug-likeness (QED) is 0.652. The van der Waals surface area contributed by atoms with Gasteiger partial charge in [-0.2, -0.15) is 5.10 Å². The van der Waals surface area contributed by atoms with Gasteiger partial charge in [-0.3, -0.25) is 14.9 Å². The number of nitro groups is 1. The van der Waals surface area contributed by atoms with Gasteiger partial charge in [0.15, 0.2) is 5.84 Å². The molecule has 0 spiro atoms. The molecule has 1 aromatic rings. The van der Waals surface area contributed by atoms with Gasteiger partial charge in [-0.25, -0.2) is 5.43 Å². The number of non-ortho nitro benzene ring substituents is 1. The van der Waals surface area contributed by atoms with E-state index >= 15 is 0 Å². The molecular formula is C12H12N4O3S. The highest BCUT2D eigenvalue weighted by Crippen LogP contribution is 2.26. The summed E-state index contributed by atoms with van der Waals surface area (Å²) in [5, 5.41) is 14.9. The van der Waals surface area contributed by atoms with Crippen LogP contribution in [0.5, 0.6) is 0 Å². The topological polar surface area (TPSA) is 87.8 Å². The van der Waals surface area contributed by atoms with Gasteiger partial charge in [-0.1, -0.05) is 12.1 Å². The number of hydrogen-bond donors (Lipinski definition) is 1. The van der Waals surface area contributed by atoms with Crippen LogP contribution in [0.3, 0.4) is 0 Å². The van der Waals surface area contributed by atoms with Crippen LogP contribution in [0.1, 0.15) is 12.0 Å². The fourth-order valence-corrected chi connectivity index (χ4v) is 3.34. The number of carbonyl (C=O) groups excluding carboxylic acids is 1. The fourth-order valence-electron chi connectivity index (χ4n) is 2.32. The van der Waals surface area contributed by atoms with Crippen LogP contribution in [0.4, 0.5) is 5.69 Å². The minimum Gasteiger partial charge on any atom is -0.333 e. The molecule has 2 aliphatic rings. The van der Waals surface area contributed by atoms with Gasteiger partial charge in [0, 0.05) is 17.7 Å². The number of amidine groups is 1. The van der Waals surface area contributed by atoms with Gasteiger partial charge in [0.25, 0.3) is 11.6 Å². The van der Waals surface area contributed by atoms with Gasteiger partial charge in [-0.15, -0.1) is 11.8 Å². The summed E-state index contributed by atoms with van der Waals surface area (Å²) in [6.07, 6.45) is 0.754. The standard InChI is InChI=1S/C12H12N4O3S/c17-12-10-4-5-20-7-15(10)11(13-14-12)8-2-1-3-9(6-8)16(18)19/h1-3,6,10H,4-5,7H2,(H,14,17). The van der Waals surface area contributed by atoms with Gasteiger partial charge >= 0.3 is 0 Å². The van der Waals surface area contributed by atoms with E-state index in [4.69, 9.17) is 0 Å². The largest absolute Gasteiger partial charge is 0.333 e. The molecule has 8 heteroatoms. The molecule has 2 aliphatic heterocycles. The van der Waals surface area contributed by atoms with Crippen molar-refractivity contribution in [2.24, 2.45) is 5.10 Å². The van der Waals surface area contributed by atoms with E-state index in [2.05, 4.69) is 10.5 Å². The zero-order valence-electron chi connectivity index (χ0n) is 10.5. The first-order valence-electron chi connectivity index (χ1n) is 6.13. The van der Waals surface area contributed by atoms with Gasteiger partial charge in [0.1, 0.15) is 6.04 Å². The van der Waals surface area contributed by atoms with E-state index in [0.29, 0.717) is 17.3 Å². The van der Waals surface area contributed by atoms with Crippen LogP contribution in [0, 0.1) is 10.1 Å². The molecule has 0 aromatic heterocycles. The lowest BCUT2D eigenvalue weighted by Crippen LogP contribution is -2.55. The molecule has 104 valence electrons. The van der Waals surface area contributed by atoms with Crippen molar-refractivity contribution in [3.8, 4) is 0 Å². The van der Waals surface area contributed by atoms with E-state index in [9.17, 15) is 14.9 Å². The second kappa shape index (κ2) is 5.12. The number of hydrogen-bond acceptors (Lipinski definition) is 6. The average Bonchev–Trinajstić information content (AvgIpc) is 2.48. The number of nitro benzene ring substituents is 1. The molecule has 20 heavy (non-hydrogen) atoms. The smallest absolute Gasteiger partial charge is 0.270 e. The molecule has 1 unspecified atom stereocenters. The number of fused-ring (bicyclic) bond motifs is 1. The third kappa shape index (κ3) is 2.22. The number of rotatable bonds is 2. The van der Waals surface area contributed by atoms with Crippen molar-refractivity contribution < 1.29 is 9.72 Å². The number of benzene rings is 1. The van der Waals surface area contributed by atoms with Gasteiger partial charge in [-0.05, 0) is 12.2 Å². The van der Waals surface area contributed by atoms with E-state index < -0.39 is 4.92 Å². The summed E-state index contributed by atoms with van der Waals surface area (Å²) in [5.74, 6) is 2.07. The van der Waals surface area contributed by atoms with Crippen LogP contribution in [0.25, 0.3) is 0 Å². The third-order valence-electron chi connectivity index (χ3n) is 3.30. The maximum absolute atomic E-state index is 11.8. The van der Waals surface area contributed by atoms with E-state index in [0.717, 1.165) is 12.2 Å². The summed E-state index contributed by atoms with van der Waals surface area (Å²) < 4.78 is 0. The lowest BCUT2D eigenvalue weighted by atomic mass is 10.1. The molecule has 0 radical (unpaired) electrons. The van der Waals surface area contributed by atoms with Crippen molar-refractivity contribution in [3.63, 3.8) is 0 Å². The summed E-state index contributed by atoms with van der Waals surface area (Å²) in [5.41, 5.74) is 3.17. The predicted molar refractivity (Wildman–Crippen MR) is 75.3 cm³/mol. The highest BCUT2D eigenvalue weighted by molar-refractivity contribution is 7.99. The first-order chi connectivity index (χ1) is 9.66. The SMILES string of the molecule is O=C1NN=C(c2cccc([N+](=O)[O-])c2)N2CSCCC12. The highest BCUT2D eigenvalue weighted by atomic mass is 32.2. The van der Waals surface area contributed by atoms with Crippen LogP contribution < -0.4 is 5.43 Å². The summed E-state index contributed by atoms with van der Waals surface area (Å²) >= 11 is 1.72. The average molecular weight is 292 g/mol. The van der Waals surface area contributed by atoms with Crippen molar-refractivity contribution in [3.05, 3.63) is 39.9 Å². The van der Waals surface area contributed by atoms with Crippen LogP contribution in [0.15, 0.2) is 29.4 Å². The number of carbonyl (C=O) groups is 1. The summed E-state index contributed by atoms with van der Waals surface area (Å²) in [4.78, 5) is 24.1. The molecule has 2 heterocycles. The minimum absolute atomic E-state index is 0.0170. The number of nitrogens with zero attached hydrogens (tertiary/aromatic N) is 3. The van der Waals surface area contributed by atoms with Gasteiger partial charge in [0.05, 0.1) is 10.8 Å². The summed E-state index contributed by atoms with van der Waals surface area (Å²) in [6, 6.07) is 6.07. The molecule has 1 saturated heterocycles. The van der Waals surface area contributed by atoms with Crippen LogP contribution >= 0.6 is 11.8 Å². The van der Waals surface area contributed by atoms with Gasteiger partial charge in [0.2, 0.25) is 0 Å². The number of amides is 1. The summed E-state index contributed by atoms with van der Waals surface area (Å²) in [6.45, 7) is 0. The highest BCUT2D eigenvalue weighted by Gasteiger charge is 2.35. The maximum atomic E-state index is 11.8. The van der Waals surface area contributed by atoms with Gasteiger partial charge < -0.3 is 4.90 Å². The van der Waals surface area contributed by atoms with Crippen molar-refractivity contribution >= 4 is 29.2 Å². The normalized spacial score (nSPS) is 21.8. The van der Waals surface area contributed by atoms with Crippen LogP contribution in [-0.2, 0) is 4.79 Å². The Hall–Kier alpha value is -2.09. The Morgan fingerprint density at radius 2 is 2.35 bits per heavy atom. The van der Waals surface area contributed by atoms with Crippen LogP contribution in [0.2, 0.25) is 0 Å². The number of thioether (sulfide) groups is 1. The molecule has 1 fully saturated rings. The lowest BCUT2D eigenvalue weighted by molar-refractivity contribution is -0.384. The molecule has 7 nitrogen and oxygen atoms in total. The lowest BCUT2D eigenvalue weighted by Gasteiger charge is -2.38. The van der Waals surface area contributed by atoms with Crippen molar-refractivity contribution in [1.82, 2.24) is 10.3 Å². The first kappa shape index (κ1) is 12.9. The molecule has 1 N–H and O–H groups in total. The second-order valence-corrected chi connectivity index (χ2v) is 5.61. The number of nitrogens with one attached hydrogen (secondary N) is 1. The molecule has 0 bridgehead atoms. The predicted octanol–water partition coefficient (Wildman–Crippen LogP) is 1.15. The van der Waals surface area contributed by atoms with Crippen molar-refractivity contribution in [2.75, 3.05) is 11.6 Å². The van der Waals surface area contributed by atoms with E-state index in [1.165, 1.54) is 12.1 Å². The molecule has 0 saturated carbocycles. The fraction of sp³-hybridized carbons (Fsp3) is 0.333. The monoisotopic (exact) mass is 292 g/mol. The Kier molecular flexibility index (Phi) is 3.31. The zero-order valence-corrected chi connectivity index (χ0v) is 11.3. The Bertz CT molecular complexity index is 604. The zero-order chi connectivity index (χ0) is 14.1. The van der Waals surface area contributed by atoms with Crippen molar-refractivity contribution in [2.45, 2.75) is 12.5 Å². The van der Waals surface area contributed by atoms with Crippen LogP contribution in [-0.4, -0.2) is 39.2 Å². The van der Waals surface area contributed by atoms with E-state index in [-0.39, 0.29) is 17.6 Å². The van der Waals surface area contributed by atoms with E-state index in [1.54, 1.807) is 23.9 Å². The molecule has 0 aliphatic carbocycles. The van der Waals surface area contributed by atoms with E-state index in [1.807, 2.05) is 4.90 Å². The molecule has 1 amide bonds. The first-order valence-corrected chi connectivity index (χ1v) is 7.29. The minimum atomic E-state index is -0.437. The maximum Gasteiger partial charge on any atom is 0.270 e. The summed E-state index contributed by atoms with van der Waals surface area (Å²) in [7, 11) is 0. The molecular weight excluding hydrogens is 280 g/mol. The molecule has 1 atom stereocenters. The molecule has 1 aromatic carbocycles. The Morgan fingerprint density at radius 1 is 1.50 bits per heavy atom. The molecule has 3 rings (SSSR count). The Labute approximate surface area is 119 Å². The van der Waals surface area contributed by atoms with Crippen molar-refractivity contribution in [1.29, 1.82) is 0 Å². The Morgan fingerprint density at radius 3 is 3.15 bits per heavy atom. The second-order valence-electron chi connectivity index (χ2n) is 4.53.